The number of nitrogens with zero attached hydrogens (tertiary/aromatic N) is 2. The van der Waals surface area contributed by atoms with Crippen LogP contribution in [0, 0.1) is 0 Å². The van der Waals surface area contributed by atoms with Crippen LogP contribution < -0.4 is 29.8 Å². The van der Waals surface area contributed by atoms with Crippen molar-refractivity contribution >= 4 is 24.2 Å². The first-order valence-corrected chi connectivity index (χ1v) is 11.1. The topological polar surface area (TPSA) is 120 Å². The van der Waals surface area contributed by atoms with E-state index in [1.54, 1.807) is 24.6 Å². The van der Waals surface area contributed by atoms with Gasteiger partial charge in [0.05, 0.1) is 12.4 Å². The minimum absolute atomic E-state index is 0.217. The zero-order chi connectivity index (χ0) is 23.6. The number of carbonyl (C=O) groups excluding carboxylic acids is 2. The predicted octanol–water partition coefficient (Wildman–Crippen LogP) is 2.39. The molecule has 0 atom stereocenters. The molecule has 0 radical (unpaired) electrons. The van der Waals surface area contributed by atoms with Crippen LogP contribution in [-0.4, -0.2) is 50.7 Å². The molecule has 34 heavy (non-hydrogen) atoms. The molecule has 2 amide bonds. The third kappa shape index (κ3) is 6.71. The molecule has 4 rings (SSSR count). The summed E-state index contributed by atoms with van der Waals surface area (Å²) in [7, 11) is 0. The van der Waals surface area contributed by atoms with Gasteiger partial charge in [0.25, 0.3) is 0 Å². The number of fused-ring (bicyclic) bond motifs is 2. The Balaban J connectivity index is 1.10. The number of rotatable bonds is 9. The summed E-state index contributed by atoms with van der Waals surface area (Å²) in [5.74, 6) is 2.29. The predicted molar refractivity (Wildman–Crippen MR) is 125 cm³/mol. The van der Waals surface area contributed by atoms with E-state index in [2.05, 4.69) is 21.1 Å². The van der Waals surface area contributed by atoms with E-state index < -0.39 is 0 Å². The third-order valence-electron chi connectivity index (χ3n) is 5.00. The van der Waals surface area contributed by atoms with Crippen molar-refractivity contribution in [3.63, 3.8) is 0 Å². The standard InChI is InChI=1S/C24H26N4O6/c29-23(27-25-15-17-5-7-19-21(13-17)33-11-9-31-19)3-1-2-4-24(30)28-26-16-18-6-8-20-22(14-18)34-12-10-32-20/h5-8,13-16H,1-4,9-12H2,(H,27,29)(H,28,30). The van der Waals surface area contributed by atoms with E-state index in [9.17, 15) is 9.59 Å². The van der Waals surface area contributed by atoms with Crippen LogP contribution in [0.1, 0.15) is 36.8 Å². The maximum Gasteiger partial charge on any atom is 0.240 e. The van der Waals surface area contributed by atoms with Gasteiger partial charge in [0.1, 0.15) is 26.4 Å². The zero-order valence-electron chi connectivity index (χ0n) is 18.6. The number of nitrogens with one attached hydrogen (secondary N) is 2. The highest BCUT2D eigenvalue weighted by Gasteiger charge is 2.12. The molecule has 2 aliphatic heterocycles. The smallest absolute Gasteiger partial charge is 0.240 e. The van der Waals surface area contributed by atoms with Crippen molar-refractivity contribution in [2.45, 2.75) is 25.7 Å². The van der Waals surface area contributed by atoms with Gasteiger partial charge in [-0.2, -0.15) is 10.2 Å². The molecular formula is C24H26N4O6. The van der Waals surface area contributed by atoms with Gasteiger partial charge in [0.15, 0.2) is 23.0 Å². The summed E-state index contributed by atoms with van der Waals surface area (Å²) in [5.41, 5.74) is 6.56. The highest BCUT2D eigenvalue weighted by Crippen LogP contribution is 2.31. The lowest BCUT2D eigenvalue weighted by Gasteiger charge is -2.18. The molecule has 10 nitrogen and oxygen atoms in total. The Morgan fingerprint density at radius 1 is 0.676 bits per heavy atom. The fourth-order valence-corrected chi connectivity index (χ4v) is 3.32. The van der Waals surface area contributed by atoms with Crippen molar-refractivity contribution in [2.24, 2.45) is 10.2 Å². The quantitative estimate of drug-likeness (QED) is 0.333. The minimum atomic E-state index is -0.217. The number of amides is 2. The van der Waals surface area contributed by atoms with Gasteiger partial charge in [-0.3, -0.25) is 9.59 Å². The van der Waals surface area contributed by atoms with Crippen molar-refractivity contribution in [3.05, 3.63) is 47.5 Å². The monoisotopic (exact) mass is 466 g/mol. The average Bonchev–Trinajstić information content (AvgIpc) is 2.86. The lowest BCUT2D eigenvalue weighted by atomic mass is 10.2. The Labute approximate surface area is 196 Å². The Kier molecular flexibility index (Phi) is 7.94. The first-order valence-electron chi connectivity index (χ1n) is 11.1. The van der Waals surface area contributed by atoms with Gasteiger partial charge in [-0.15, -0.1) is 0 Å². The molecule has 2 aliphatic rings. The summed E-state index contributed by atoms with van der Waals surface area (Å²) in [6, 6.07) is 10.9. The second-order valence-corrected chi connectivity index (χ2v) is 7.60. The van der Waals surface area contributed by atoms with Crippen LogP contribution >= 0.6 is 0 Å². The molecule has 0 bridgehead atoms. The summed E-state index contributed by atoms with van der Waals surface area (Å²) < 4.78 is 22.0. The molecule has 0 fully saturated rings. The zero-order valence-corrected chi connectivity index (χ0v) is 18.6. The van der Waals surface area contributed by atoms with E-state index >= 15 is 0 Å². The lowest BCUT2D eigenvalue weighted by Crippen LogP contribution is -2.19. The van der Waals surface area contributed by atoms with Crippen LogP contribution in [-0.2, 0) is 9.59 Å². The third-order valence-corrected chi connectivity index (χ3v) is 5.00. The summed E-state index contributed by atoms with van der Waals surface area (Å²) >= 11 is 0. The van der Waals surface area contributed by atoms with Crippen LogP contribution in [0.15, 0.2) is 46.6 Å². The number of ether oxygens (including phenoxy) is 4. The van der Waals surface area contributed by atoms with E-state index in [4.69, 9.17) is 18.9 Å². The molecule has 2 aromatic carbocycles. The van der Waals surface area contributed by atoms with Gasteiger partial charge in [-0.05, 0) is 60.4 Å². The van der Waals surface area contributed by atoms with E-state index in [1.165, 1.54) is 0 Å². The molecule has 0 unspecified atom stereocenters. The van der Waals surface area contributed by atoms with Gasteiger partial charge in [-0.1, -0.05) is 0 Å². The number of benzene rings is 2. The molecular weight excluding hydrogens is 440 g/mol. The van der Waals surface area contributed by atoms with Crippen LogP contribution in [0.3, 0.4) is 0 Å². The molecule has 0 aromatic heterocycles. The van der Waals surface area contributed by atoms with Gasteiger partial charge in [0, 0.05) is 12.8 Å². The molecule has 0 spiro atoms. The van der Waals surface area contributed by atoms with Crippen LogP contribution in [0.4, 0.5) is 0 Å². The highest BCUT2D eigenvalue weighted by atomic mass is 16.6. The Morgan fingerprint density at radius 3 is 1.53 bits per heavy atom. The maximum absolute atomic E-state index is 11.9. The molecule has 2 heterocycles. The molecule has 10 heteroatoms. The normalized spacial score (nSPS) is 14.2. The first-order chi connectivity index (χ1) is 16.7. The average molecular weight is 466 g/mol. The Morgan fingerprint density at radius 2 is 1.09 bits per heavy atom. The van der Waals surface area contributed by atoms with Crippen molar-refractivity contribution in [3.8, 4) is 23.0 Å². The molecule has 2 aromatic rings. The van der Waals surface area contributed by atoms with Crippen molar-refractivity contribution in [2.75, 3.05) is 26.4 Å². The van der Waals surface area contributed by atoms with Gasteiger partial charge >= 0.3 is 0 Å². The Bertz CT molecular complexity index is 1000. The highest BCUT2D eigenvalue weighted by molar-refractivity contribution is 5.84. The van der Waals surface area contributed by atoms with Crippen molar-refractivity contribution in [1.82, 2.24) is 10.9 Å². The van der Waals surface area contributed by atoms with Crippen LogP contribution in [0.5, 0.6) is 23.0 Å². The van der Waals surface area contributed by atoms with E-state index in [0.29, 0.717) is 62.3 Å². The maximum atomic E-state index is 11.9. The second kappa shape index (κ2) is 11.7. The molecule has 0 saturated carbocycles. The van der Waals surface area contributed by atoms with Gasteiger partial charge in [0.2, 0.25) is 11.8 Å². The summed E-state index contributed by atoms with van der Waals surface area (Å²) in [6.45, 7) is 2.09. The van der Waals surface area contributed by atoms with Gasteiger partial charge in [-0.25, -0.2) is 10.9 Å². The summed E-state index contributed by atoms with van der Waals surface area (Å²) in [4.78, 5) is 23.9. The lowest BCUT2D eigenvalue weighted by molar-refractivity contribution is -0.123. The number of hydrogen-bond acceptors (Lipinski definition) is 8. The fraction of sp³-hybridized carbons (Fsp3) is 0.333. The van der Waals surface area contributed by atoms with Crippen LogP contribution in [0.2, 0.25) is 0 Å². The summed E-state index contributed by atoms with van der Waals surface area (Å²) in [6.07, 6.45) is 4.75. The van der Waals surface area contributed by atoms with Crippen molar-refractivity contribution in [1.29, 1.82) is 0 Å². The van der Waals surface area contributed by atoms with Crippen LogP contribution in [0.25, 0.3) is 0 Å². The van der Waals surface area contributed by atoms with Gasteiger partial charge < -0.3 is 18.9 Å². The number of carbonyl (C=O) groups is 2. The SMILES string of the molecule is O=C(CCCCC(=O)NN=Cc1ccc2c(c1)OCCO2)NN=Cc1ccc2c(c1)OCCO2. The number of unbranched alkanes of at least 4 members (excludes halogenated alkanes) is 1. The Hall–Kier alpha value is -4.08. The fourth-order valence-electron chi connectivity index (χ4n) is 3.32. The minimum Gasteiger partial charge on any atom is -0.486 e. The first kappa shape index (κ1) is 23.1. The second-order valence-electron chi connectivity index (χ2n) is 7.60. The van der Waals surface area contributed by atoms with Crippen molar-refractivity contribution < 1.29 is 28.5 Å². The molecule has 0 saturated heterocycles. The summed E-state index contributed by atoms with van der Waals surface area (Å²) in [5, 5.41) is 7.93. The van der Waals surface area contributed by atoms with E-state index in [1.807, 2.05) is 24.3 Å². The van der Waals surface area contributed by atoms with E-state index in [-0.39, 0.29) is 24.7 Å². The van der Waals surface area contributed by atoms with E-state index in [0.717, 1.165) is 11.1 Å². The largest absolute Gasteiger partial charge is 0.486 e. The molecule has 2 N–H and O–H groups in total. The number of hydrogen-bond donors (Lipinski definition) is 2. The molecule has 0 aliphatic carbocycles. The molecule has 178 valence electrons. The number of hydrazone groups is 2.